The minimum atomic E-state index is -0.0928. The van der Waals surface area contributed by atoms with Crippen LogP contribution in [0, 0.1) is 0 Å². The predicted octanol–water partition coefficient (Wildman–Crippen LogP) is 3.61. The van der Waals surface area contributed by atoms with Gasteiger partial charge in [0.05, 0.1) is 0 Å². The molecule has 3 N–H and O–H groups in total. The second kappa shape index (κ2) is 6.09. The third-order valence-electron chi connectivity index (χ3n) is 4.01. The van der Waals surface area contributed by atoms with Crippen LogP contribution in [-0.2, 0) is 0 Å². The number of H-pyrrole nitrogens is 1. The first-order valence-electron chi connectivity index (χ1n) is 7.69. The zero-order valence-corrected chi connectivity index (χ0v) is 13.1. The summed E-state index contributed by atoms with van der Waals surface area (Å²) in [6.45, 7) is 0. The molecule has 0 aliphatic heterocycles. The van der Waals surface area contributed by atoms with Gasteiger partial charge in [0.25, 0.3) is 0 Å². The number of aromatic nitrogens is 4. The van der Waals surface area contributed by atoms with Crippen molar-refractivity contribution in [1.82, 2.24) is 20.6 Å². The number of nitrogens with zero attached hydrogens (tertiary/aromatic N) is 3. The van der Waals surface area contributed by atoms with E-state index in [-0.39, 0.29) is 22.9 Å². The Kier molecular flexibility index (Phi) is 3.63. The van der Waals surface area contributed by atoms with Gasteiger partial charge in [0.1, 0.15) is 17.1 Å². The second-order valence-electron chi connectivity index (χ2n) is 5.51. The Bertz CT molecular complexity index is 937. The summed E-state index contributed by atoms with van der Waals surface area (Å²) in [5.41, 5.74) is 2.95. The maximum absolute atomic E-state index is 10.8. The number of rotatable bonds is 3. The normalized spacial score (nSPS) is 10.7. The maximum Gasteiger partial charge on any atom is 0.212 e. The fourth-order valence-corrected chi connectivity index (χ4v) is 2.82. The summed E-state index contributed by atoms with van der Waals surface area (Å²) < 4.78 is 0. The molecule has 0 radical (unpaired) electrons. The predicted molar refractivity (Wildman–Crippen MR) is 93.8 cm³/mol. The fraction of sp³-hybridized carbons (Fsp3) is 0. The molecular formula is C19H14N4O2. The number of tetrazole rings is 1. The summed E-state index contributed by atoms with van der Waals surface area (Å²) >= 11 is 0. The first-order chi connectivity index (χ1) is 12.3. The van der Waals surface area contributed by atoms with E-state index in [1.165, 1.54) is 0 Å². The molecule has 25 heavy (non-hydrogen) atoms. The Morgan fingerprint density at radius 3 is 1.68 bits per heavy atom. The molecule has 0 saturated heterocycles. The Morgan fingerprint density at radius 2 is 1.24 bits per heavy atom. The second-order valence-corrected chi connectivity index (χ2v) is 5.51. The number of aromatic amines is 1. The molecule has 0 atom stereocenters. The third-order valence-corrected chi connectivity index (χ3v) is 4.01. The number of hydrogen-bond acceptors (Lipinski definition) is 5. The Hall–Kier alpha value is -3.67. The summed E-state index contributed by atoms with van der Waals surface area (Å²) in [5, 5.41) is 35.3. The molecule has 1 heterocycles. The van der Waals surface area contributed by atoms with Gasteiger partial charge in [-0.3, -0.25) is 0 Å². The van der Waals surface area contributed by atoms with E-state index in [4.69, 9.17) is 0 Å². The quantitative estimate of drug-likeness (QED) is 0.533. The minimum Gasteiger partial charge on any atom is -0.506 e. The van der Waals surface area contributed by atoms with Gasteiger partial charge in [-0.05, 0) is 22.4 Å². The van der Waals surface area contributed by atoms with E-state index in [0.717, 1.165) is 11.1 Å². The minimum absolute atomic E-state index is 0.0928. The maximum atomic E-state index is 10.8. The summed E-state index contributed by atoms with van der Waals surface area (Å²) in [6, 6.07) is 20.7. The molecular weight excluding hydrogens is 316 g/mol. The summed E-state index contributed by atoms with van der Waals surface area (Å²) in [5.74, 6) is -0.0560. The van der Waals surface area contributed by atoms with Crippen molar-refractivity contribution < 1.29 is 10.2 Å². The van der Waals surface area contributed by atoms with Gasteiger partial charge in [-0.2, -0.15) is 5.21 Å². The molecule has 4 rings (SSSR count). The molecule has 0 amide bonds. The lowest BCUT2D eigenvalue weighted by Gasteiger charge is -2.14. The zero-order chi connectivity index (χ0) is 17.2. The van der Waals surface area contributed by atoms with Gasteiger partial charge in [0.15, 0.2) is 0 Å². The van der Waals surface area contributed by atoms with Crippen molar-refractivity contribution in [3.05, 3.63) is 66.7 Å². The highest BCUT2D eigenvalue weighted by Gasteiger charge is 2.23. The molecule has 0 fully saturated rings. The van der Waals surface area contributed by atoms with Gasteiger partial charge in [-0.25, -0.2) is 0 Å². The number of aromatic hydroxyl groups is 2. The highest BCUT2D eigenvalue weighted by Crippen LogP contribution is 2.47. The lowest BCUT2D eigenvalue weighted by molar-refractivity contribution is 0.456. The average Bonchev–Trinajstić information content (AvgIpc) is 3.18. The Morgan fingerprint density at radius 1 is 0.720 bits per heavy atom. The van der Waals surface area contributed by atoms with Crippen LogP contribution < -0.4 is 0 Å². The Balaban J connectivity index is 2.05. The molecule has 0 unspecified atom stereocenters. The number of benzene rings is 3. The monoisotopic (exact) mass is 330 g/mol. The summed E-state index contributed by atoms with van der Waals surface area (Å²) in [6.07, 6.45) is 0. The molecule has 122 valence electrons. The smallest absolute Gasteiger partial charge is 0.212 e. The van der Waals surface area contributed by atoms with Crippen LogP contribution in [0.25, 0.3) is 33.6 Å². The van der Waals surface area contributed by atoms with Crippen LogP contribution >= 0.6 is 0 Å². The summed E-state index contributed by atoms with van der Waals surface area (Å²) in [4.78, 5) is 0. The van der Waals surface area contributed by atoms with E-state index in [0.29, 0.717) is 11.1 Å². The highest BCUT2D eigenvalue weighted by molar-refractivity contribution is 5.91. The molecule has 0 spiro atoms. The van der Waals surface area contributed by atoms with Crippen molar-refractivity contribution in [1.29, 1.82) is 0 Å². The topological polar surface area (TPSA) is 94.9 Å². The zero-order valence-electron chi connectivity index (χ0n) is 13.1. The lowest BCUT2D eigenvalue weighted by Crippen LogP contribution is -1.91. The van der Waals surface area contributed by atoms with Gasteiger partial charge in [0, 0.05) is 11.1 Å². The molecule has 0 saturated carbocycles. The van der Waals surface area contributed by atoms with E-state index < -0.39 is 0 Å². The van der Waals surface area contributed by atoms with Crippen molar-refractivity contribution in [2.45, 2.75) is 0 Å². The fourth-order valence-electron chi connectivity index (χ4n) is 2.82. The van der Waals surface area contributed by atoms with Gasteiger partial charge in [0.2, 0.25) is 5.82 Å². The van der Waals surface area contributed by atoms with Crippen LogP contribution in [0.5, 0.6) is 11.5 Å². The Labute approximate surface area is 143 Å². The highest BCUT2D eigenvalue weighted by atomic mass is 16.3. The average molecular weight is 330 g/mol. The van der Waals surface area contributed by atoms with Crippen molar-refractivity contribution in [3.63, 3.8) is 0 Å². The van der Waals surface area contributed by atoms with E-state index in [2.05, 4.69) is 20.6 Å². The first-order valence-corrected chi connectivity index (χ1v) is 7.69. The van der Waals surface area contributed by atoms with Crippen LogP contribution in [0.2, 0.25) is 0 Å². The molecule has 4 aromatic rings. The first kappa shape index (κ1) is 14.9. The molecule has 6 nitrogen and oxygen atoms in total. The van der Waals surface area contributed by atoms with Crippen LogP contribution in [-0.4, -0.2) is 30.8 Å². The van der Waals surface area contributed by atoms with E-state index >= 15 is 0 Å². The van der Waals surface area contributed by atoms with Gasteiger partial charge >= 0.3 is 0 Å². The standard InChI is InChI=1S/C19H14N4O2/c24-17-14(12-7-3-1-4-8-12)11-15(13-9-5-2-6-10-13)18(25)16(17)19-20-22-23-21-19/h1-11,24-25H,(H,20,21,22,23). The number of phenols is 2. The van der Waals surface area contributed by atoms with E-state index in [1.807, 2.05) is 60.7 Å². The van der Waals surface area contributed by atoms with Crippen LogP contribution in [0.1, 0.15) is 0 Å². The van der Waals surface area contributed by atoms with Crippen molar-refractivity contribution in [2.75, 3.05) is 0 Å². The molecule has 0 aliphatic rings. The lowest BCUT2D eigenvalue weighted by atomic mass is 9.93. The van der Waals surface area contributed by atoms with Gasteiger partial charge < -0.3 is 10.2 Å². The van der Waals surface area contributed by atoms with Gasteiger partial charge in [-0.1, -0.05) is 60.7 Å². The molecule has 0 aliphatic carbocycles. The van der Waals surface area contributed by atoms with Crippen molar-refractivity contribution in [2.24, 2.45) is 0 Å². The van der Waals surface area contributed by atoms with Crippen LogP contribution in [0.4, 0.5) is 0 Å². The van der Waals surface area contributed by atoms with E-state index in [1.54, 1.807) is 6.07 Å². The molecule has 6 heteroatoms. The SMILES string of the molecule is Oc1c(-c2ccccc2)cc(-c2ccccc2)c(O)c1-c1nn[nH]n1. The third kappa shape index (κ3) is 2.59. The van der Waals surface area contributed by atoms with Crippen molar-refractivity contribution in [3.8, 4) is 45.1 Å². The number of nitrogens with one attached hydrogen (secondary N) is 1. The molecule has 3 aromatic carbocycles. The van der Waals surface area contributed by atoms with Gasteiger partial charge in [-0.15, -0.1) is 10.2 Å². The summed E-state index contributed by atoms with van der Waals surface area (Å²) in [7, 11) is 0. The number of hydrogen-bond donors (Lipinski definition) is 3. The number of phenolic OH excluding ortho intramolecular Hbond substituents is 2. The molecule has 1 aromatic heterocycles. The van der Waals surface area contributed by atoms with E-state index in [9.17, 15) is 10.2 Å². The van der Waals surface area contributed by atoms with Crippen LogP contribution in [0.15, 0.2) is 66.7 Å². The van der Waals surface area contributed by atoms with Crippen LogP contribution in [0.3, 0.4) is 0 Å². The van der Waals surface area contributed by atoms with Crippen molar-refractivity contribution >= 4 is 0 Å². The molecule has 0 bridgehead atoms. The largest absolute Gasteiger partial charge is 0.506 e.